The van der Waals surface area contributed by atoms with Crippen molar-refractivity contribution >= 4 is 10.0 Å². The van der Waals surface area contributed by atoms with Crippen LogP contribution in [0.1, 0.15) is 25.7 Å². The lowest BCUT2D eigenvalue weighted by atomic mass is 9.99. The highest BCUT2D eigenvalue weighted by Gasteiger charge is 2.43. The molecular formula is C11H19F3N2O2S. The van der Waals surface area contributed by atoms with E-state index in [1.165, 1.54) is 0 Å². The van der Waals surface area contributed by atoms with E-state index in [4.69, 9.17) is 0 Å². The SMILES string of the molecule is O=S(=O)(CCNC1CC1)N1CCCC(C(F)(F)F)C1. The Labute approximate surface area is 111 Å². The lowest BCUT2D eigenvalue weighted by molar-refractivity contribution is -0.182. The first-order valence-corrected chi connectivity index (χ1v) is 8.18. The Morgan fingerprint density at radius 3 is 2.47 bits per heavy atom. The number of hydrogen-bond acceptors (Lipinski definition) is 3. The predicted molar refractivity (Wildman–Crippen MR) is 65.2 cm³/mol. The van der Waals surface area contributed by atoms with Gasteiger partial charge < -0.3 is 5.32 Å². The van der Waals surface area contributed by atoms with Gasteiger partial charge in [0.1, 0.15) is 0 Å². The Kier molecular flexibility index (Phi) is 4.42. The molecule has 0 aromatic heterocycles. The van der Waals surface area contributed by atoms with E-state index in [1.54, 1.807) is 0 Å². The third-order valence-electron chi connectivity index (χ3n) is 3.61. The van der Waals surface area contributed by atoms with Crippen molar-refractivity contribution in [2.45, 2.75) is 37.9 Å². The average molecular weight is 300 g/mol. The Balaban J connectivity index is 1.87. The molecule has 2 fully saturated rings. The zero-order chi connectivity index (χ0) is 14.1. The molecular weight excluding hydrogens is 281 g/mol. The van der Waals surface area contributed by atoms with Crippen LogP contribution in [0.25, 0.3) is 0 Å². The molecule has 1 aliphatic heterocycles. The van der Waals surface area contributed by atoms with Crippen molar-refractivity contribution in [1.82, 2.24) is 9.62 Å². The van der Waals surface area contributed by atoms with Gasteiger partial charge >= 0.3 is 6.18 Å². The second-order valence-electron chi connectivity index (χ2n) is 5.28. The molecule has 112 valence electrons. The van der Waals surface area contributed by atoms with E-state index in [2.05, 4.69) is 5.32 Å². The summed E-state index contributed by atoms with van der Waals surface area (Å²) in [5.74, 6) is -1.64. The summed E-state index contributed by atoms with van der Waals surface area (Å²) in [5, 5.41) is 3.07. The topological polar surface area (TPSA) is 49.4 Å². The van der Waals surface area contributed by atoms with Gasteiger partial charge in [-0.25, -0.2) is 12.7 Å². The van der Waals surface area contributed by atoms with Crippen LogP contribution >= 0.6 is 0 Å². The first kappa shape index (κ1) is 15.1. The Morgan fingerprint density at radius 2 is 1.89 bits per heavy atom. The minimum atomic E-state index is -4.31. The molecule has 0 aromatic rings. The zero-order valence-electron chi connectivity index (χ0n) is 10.6. The summed E-state index contributed by atoms with van der Waals surface area (Å²) in [6.07, 6.45) is -1.89. The minimum absolute atomic E-state index is 0.0237. The van der Waals surface area contributed by atoms with Crippen LogP contribution in [-0.4, -0.2) is 50.3 Å². The van der Waals surface area contributed by atoms with Crippen LogP contribution in [0.3, 0.4) is 0 Å². The van der Waals surface area contributed by atoms with Gasteiger partial charge in [0, 0.05) is 25.7 Å². The predicted octanol–water partition coefficient (Wildman–Crippen LogP) is 1.34. The summed E-state index contributed by atoms with van der Waals surface area (Å²) < 4.78 is 62.9. The van der Waals surface area contributed by atoms with Gasteiger partial charge in [-0.05, 0) is 25.7 Å². The van der Waals surface area contributed by atoms with Crippen LogP contribution in [0.15, 0.2) is 0 Å². The van der Waals surface area contributed by atoms with E-state index >= 15 is 0 Å². The van der Waals surface area contributed by atoms with Crippen molar-refractivity contribution < 1.29 is 21.6 Å². The molecule has 1 aliphatic carbocycles. The Hall–Kier alpha value is -0.340. The number of alkyl halides is 3. The summed E-state index contributed by atoms with van der Waals surface area (Å²) in [4.78, 5) is 0. The summed E-state index contributed by atoms with van der Waals surface area (Å²) in [5.41, 5.74) is 0. The second kappa shape index (κ2) is 5.57. The molecule has 0 amide bonds. The molecule has 4 nitrogen and oxygen atoms in total. The van der Waals surface area contributed by atoms with Crippen molar-refractivity contribution in [3.8, 4) is 0 Å². The molecule has 0 aromatic carbocycles. The van der Waals surface area contributed by atoms with Crippen molar-refractivity contribution in [3.05, 3.63) is 0 Å². The molecule has 1 saturated carbocycles. The summed E-state index contributed by atoms with van der Waals surface area (Å²) >= 11 is 0. The molecule has 19 heavy (non-hydrogen) atoms. The number of nitrogens with zero attached hydrogens (tertiary/aromatic N) is 1. The van der Waals surface area contributed by atoms with Crippen molar-refractivity contribution in [1.29, 1.82) is 0 Å². The van der Waals surface area contributed by atoms with Gasteiger partial charge in [0.2, 0.25) is 10.0 Å². The van der Waals surface area contributed by atoms with Gasteiger partial charge in [-0.1, -0.05) is 0 Å². The maximum absolute atomic E-state index is 12.6. The molecule has 8 heteroatoms. The summed E-state index contributed by atoms with van der Waals surface area (Å²) in [6.45, 7) is 0.105. The Morgan fingerprint density at radius 1 is 1.21 bits per heavy atom. The van der Waals surface area contributed by atoms with E-state index in [0.717, 1.165) is 17.1 Å². The van der Waals surface area contributed by atoms with E-state index in [0.29, 0.717) is 12.6 Å². The molecule has 0 bridgehead atoms. The van der Waals surface area contributed by atoms with Crippen LogP contribution < -0.4 is 5.32 Å². The third-order valence-corrected chi connectivity index (χ3v) is 5.45. The fourth-order valence-corrected chi connectivity index (χ4v) is 3.72. The summed E-state index contributed by atoms with van der Waals surface area (Å²) in [7, 11) is -3.57. The number of nitrogens with one attached hydrogen (secondary N) is 1. The normalized spacial score (nSPS) is 26.6. The van der Waals surface area contributed by atoms with Crippen molar-refractivity contribution in [3.63, 3.8) is 0 Å². The molecule has 0 radical (unpaired) electrons. The van der Waals surface area contributed by atoms with E-state index in [9.17, 15) is 21.6 Å². The highest BCUT2D eigenvalue weighted by atomic mass is 32.2. The van der Waals surface area contributed by atoms with Gasteiger partial charge in [-0.15, -0.1) is 0 Å². The molecule has 2 rings (SSSR count). The largest absolute Gasteiger partial charge is 0.393 e. The summed E-state index contributed by atoms with van der Waals surface area (Å²) in [6, 6.07) is 0.402. The van der Waals surface area contributed by atoms with Crippen LogP contribution in [0.4, 0.5) is 13.2 Å². The Bertz CT molecular complexity index is 407. The average Bonchev–Trinajstić information content (AvgIpc) is 3.12. The standard InChI is InChI=1S/C11H19F3N2O2S/c12-11(13,14)9-2-1-6-16(8-9)19(17,18)7-5-15-10-3-4-10/h9-10,15H,1-8H2. The van der Waals surface area contributed by atoms with Crippen LogP contribution in [0.5, 0.6) is 0 Å². The highest BCUT2D eigenvalue weighted by Crippen LogP contribution is 2.33. The smallest absolute Gasteiger partial charge is 0.313 e. The van der Waals surface area contributed by atoms with Gasteiger partial charge in [0.05, 0.1) is 11.7 Å². The molecule has 2 aliphatic rings. The van der Waals surface area contributed by atoms with Crippen molar-refractivity contribution in [2.24, 2.45) is 5.92 Å². The highest BCUT2D eigenvalue weighted by molar-refractivity contribution is 7.89. The molecule has 0 spiro atoms. The van der Waals surface area contributed by atoms with Gasteiger partial charge in [0.15, 0.2) is 0 Å². The van der Waals surface area contributed by atoms with Crippen LogP contribution in [-0.2, 0) is 10.0 Å². The molecule has 1 unspecified atom stereocenters. The maximum atomic E-state index is 12.6. The maximum Gasteiger partial charge on any atom is 0.393 e. The first-order chi connectivity index (χ1) is 8.79. The molecule has 1 heterocycles. The lowest BCUT2D eigenvalue weighted by Gasteiger charge is -2.32. The van der Waals surface area contributed by atoms with Gasteiger partial charge in [0.25, 0.3) is 0 Å². The quantitative estimate of drug-likeness (QED) is 0.833. The minimum Gasteiger partial charge on any atom is -0.313 e. The van der Waals surface area contributed by atoms with Crippen molar-refractivity contribution in [2.75, 3.05) is 25.4 Å². The molecule has 1 saturated heterocycles. The van der Waals surface area contributed by atoms with Crippen LogP contribution in [0, 0.1) is 5.92 Å². The van der Waals surface area contributed by atoms with Gasteiger partial charge in [-0.3, -0.25) is 0 Å². The fraction of sp³-hybridized carbons (Fsp3) is 1.00. The third kappa shape index (κ3) is 4.32. The number of piperidine rings is 1. The number of rotatable bonds is 5. The van der Waals surface area contributed by atoms with E-state index in [-0.39, 0.29) is 25.1 Å². The number of halogens is 3. The monoisotopic (exact) mass is 300 g/mol. The first-order valence-electron chi connectivity index (χ1n) is 6.57. The number of hydrogen-bond donors (Lipinski definition) is 1. The fourth-order valence-electron chi connectivity index (χ4n) is 2.27. The van der Waals surface area contributed by atoms with E-state index in [1.807, 2.05) is 0 Å². The zero-order valence-corrected chi connectivity index (χ0v) is 11.4. The second-order valence-corrected chi connectivity index (χ2v) is 7.37. The van der Waals surface area contributed by atoms with E-state index < -0.39 is 28.7 Å². The molecule has 1 N–H and O–H groups in total. The molecule has 1 atom stereocenters. The lowest BCUT2D eigenvalue weighted by Crippen LogP contribution is -2.46. The van der Waals surface area contributed by atoms with Gasteiger partial charge in [-0.2, -0.15) is 13.2 Å². The van der Waals surface area contributed by atoms with Crippen LogP contribution in [0.2, 0.25) is 0 Å². The number of sulfonamides is 1.